The van der Waals surface area contributed by atoms with Crippen molar-refractivity contribution in [1.82, 2.24) is 4.31 Å². The van der Waals surface area contributed by atoms with Crippen molar-refractivity contribution < 1.29 is 13.2 Å². The van der Waals surface area contributed by atoms with Gasteiger partial charge in [0, 0.05) is 43.1 Å². The zero-order valence-corrected chi connectivity index (χ0v) is 18.2. The van der Waals surface area contributed by atoms with E-state index in [4.69, 9.17) is 0 Å². The summed E-state index contributed by atoms with van der Waals surface area (Å²) < 4.78 is 27.3. The van der Waals surface area contributed by atoms with Crippen molar-refractivity contribution in [3.63, 3.8) is 0 Å². The summed E-state index contributed by atoms with van der Waals surface area (Å²) in [4.78, 5) is 15.3. The van der Waals surface area contributed by atoms with Crippen molar-refractivity contribution in [2.75, 3.05) is 36.4 Å². The van der Waals surface area contributed by atoms with Crippen LogP contribution in [0.1, 0.15) is 43.0 Å². The Labute approximate surface area is 178 Å². The number of anilines is 2. The summed E-state index contributed by atoms with van der Waals surface area (Å²) in [6, 6.07) is 14.1. The maximum atomic E-state index is 12.9. The minimum Gasteiger partial charge on any atom is -0.371 e. The van der Waals surface area contributed by atoms with Crippen LogP contribution in [0.5, 0.6) is 0 Å². The number of nitrogens with zero attached hydrogens (tertiary/aromatic N) is 2. The Kier molecular flexibility index (Phi) is 6.11. The summed E-state index contributed by atoms with van der Waals surface area (Å²) in [5, 5.41) is 2.88. The second-order valence-electron chi connectivity index (χ2n) is 8.33. The predicted molar refractivity (Wildman–Crippen MR) is 119 cm³/mol. The zero-order chi connectivity index (χ0) is 21.1. The molecule has 4 rings (SSSR count). The fourth-order valence-corrected chi connectivity index (χ4v) is 5.74. The first kappa shape index (κ1) is 20.9. The summed E-state index contributed by atoms with van der Waals surface area (Å²) in [7, 11) is -3.56. The van der Waals surface area contributed by atoms with Gasteiger partial charge in [-0.15, -0.1) is 0 Å². The SMILES string of the molecule is CC1CCN(c2ccc(NC(=O)c3cccc(S(=O)(=O)N4CCCCC4)c3)cc2)C1. The molecule has 0 spiro atoms. The van der Waals surface area contributed by atoms with Gasteiger partial charge in [-0.3, -0.25) is 4.79 Å². The van der Waals surface area contributed by atoms with Crippen LogP contribution in [0.25, 0.3) is 0 Å². The number of piperidine rings is 1. The fourth-order valence-electron chi connectivity index (χ4n) is 4.18. The topological polar surface area (TPSA) is 69.7 Å². The molecule has 1 N–H and O–H groups in total. The molecule has 2 aliphatic rings. The first-order valence-corrected chi connectivity index (χ1v) is 12.1. The van der Waals surface area contributed by atoms with Gasteiger partial charge < -0.3 is 10.2 Å². The number of rotatable bonds is 5. The summed E-state index contributed by atoms with van der Waals surface area (Å²) in [6.45, 7) is 5.46. The largest absolute Gasteiger partial charge is 0.371 e. The van der Waals surface area contributed by atoms with Crippen LogP contribution in [0.3, 0.4) is 0 Å². The number of nitrogens with one attached hydrogen (secondary N) is 1. The van der Waals surface area contributed by atoms with Crippen molar-refractivity contribution in [3.05, 3.63) is 54.1 Å². The van der Waals surface area contributed by atoms with Gasteiger partial charge in [0.05, 0.1) is 4.90 Å². The number of hydrogen-bond donors (Lipinski definition) is 1. The molecule has 1 amide bonds. The molecular weight excluding hydrogens is 398 g/mol. The maximum absolute atomic E-state index is 12.9. The molecule has 2 aromatic carbocycles. The molecule has 0 bridgehead atoms. The molecule has 6 nitrogen and oxygen atoms in total. The first-order valence-electron chi connectivity index (χ1n) is 10.7. The Balaban J connectivity index is 1.45. The zero-order valence-electron chi connectivity index (χ0n) is 17.4. The number of amides is 1. The number of carbonyl (C=O) groups excluding carboxylic acids is 1. The molecule has 2 aromatic rings. The van der Waals surface area contributed by atoms with Gasteiger partial charge in [0.2, 0.25) is 10.0 Å². The Hall–Kier alpha value is -2.38. The van der Waals surface area contributed by atoms with Crippen LogP contribution in [0, 0.1) is 5.92 Å². The highest BCUT2D eigenvalue weighted by molar-refractivity contribution is 7.89. The monoisotopic (exact) mass is 427 g/mol. The molecule has 0 radical (unpaired) electrons. The third-order valence-corrected chi connectivity index (χ3v) is 7.86. The summed E-state index contributed by atoms with van der Waals surface area (Å²) in [6.07, 6.45) is 4.02. The molecule has 1 unspecified atom stereocenters. The lowest BCUT2D eigenvalue weighted by Crippen LogP contribution is -2.35. The lowest BCUT2D eigenvalue weighted by molar-refractivity contribution is 0.102. The van der Waals surface area contributed by atoms with E-state index in [0.29, 0.717) is 30.3 Å². The molecule has 7 heteroatoms. The lowest BCUT2D eigenvalue weighted by Gasteiger charge is -2.26. The molecule has 2 saturated heterocycles. The van der Waals surface area contributed by atoms with E-state index in [0.717, 1.165) is 38.0 Å². The molecule has 1 atom stereocenters. The van der Waals surface area contributed by atoms with Gasteiger partial charge in [0.15, 0.2) is 0 Å². The number of benzene rings is 2. The summed E-state index contributed by atoms with van der Waals surface area (Å²) in [5.41, 5.74) is 2.19. The van der Waals surface area contributed by atoms with Crippen LogP contribution in [0.4, 0.5) is 11.4 Å². The lowest BCUT2D eigenvalue weighted by atomic mass is 10.2. The van der Waals surface area contributed by atoms with Crippen molar-refractivity contribution >= 4 is 27.3 Å². The van der Waals surface area contributed by atoms with E-state index in [1.807, 2.05) is 24.3 Å². The average molecular weight is 428 g/mol. The van der Waals surface area contributed by atoms with Crippen molar-refractivity contribution in [2.24, 2.45) is 5.92 Å². The molecule has 2 fully saturated rings. The van der Waals surface area contributed by atoms with Gasteiger partial charge in [0.25, 0.3) is 5.91 Å². The highest BCUT2D eigenvalue weighted by Crippen LogP contribution is 2.25. The predicted octanol–water partition coefficient (Wildman–Crippen LogP) is 3.96. The standard InChI is InChI=1S/C23H29N3O3S/c1-18-12-15-25(17-18)21-10-8-20(9-11-21)24-23(27)19-6-5-7-22(16-19)30(28,29)26-13-3-2-4-14-26/h5-11,16,18H,2-4,12-15,17H2,1H3,(H,24,27). The van der Waals surface area contributed by atoms with Gasteiger partial charge in [-0.05, 0) is 67.6 Å². The third kappa shape index (κ3) is 4.52. The van der Waals surface area contributed by atoms with Crippen molar-refractivity contribution in [1.29, 1.82) is 0 Å². The van der Waals surface area contributed by atoms with Gasteiger partial charge in [-0.2, -0.15) is 4.31 Å². The van der Waals surface area contributed by atoms with Gasteiger partial charge in [0.1, 0.15) is 0 Å². The third-order valence-electron chi connectivity index (χ3n) is 5.96. The molecular formula is C23H29N3O3S. The first-order chi connectivity index (χ1) is 14.4. The fraction of sp³-hybridized carbons (Fsp3) is 0.435. The van der Waals surface area contributed by atoms with Crippen LogP contribution in [0.15, 0.2) is 53.4 Å². The molecule has 160 valence electrons. The molecule has 2 aliphatic heterocycles. The Morgan fingerprint density at radius 1 is 1.00 bits per heavy atom. The van der Waals surface area contributed by atoms with Gasteiger partial charge >= 0.3 is 0 Å². The van der Waals surface area contributed by atoms with E-state index in [1.54, 1.807) is 18.2 Å². The Bertz CT molecular complexity index is 999. The van der Waals surface area contributed by atoms with E-state index in [9.17, 15) is 13.2 Å². The number of sulfonamides is 1. The molecule has 30 heavy (non-hydrogen) atoms. The average Bonchev–Trinajstić information content (AvgIpc) is 3.21. The molecule has 0 saturated carbocycles. The van der Waals surface area contributed by atoms with Gasteiger partial charge in [-0.25, -0.2) is 8.42 Å². The quantitative estimate of drug-likeness (QED) is 0.784. The number of carbonyl (C=O) groups is 1. The minimum absolute atomic E-state index is 0.176. The van der Waals surface area contributed by atoms with Gasteiger partial charge in [-0.1, -0.05) is 19.4 Å². The minimum atomic E-state index is -3.56. The van der Waals surface area contributed by atoms with E-state index >= 15 is 0 Å². The van der Waals surface area contributed by atoms with E-state index in [-0.39, 0.29) is 10.8 Å². The second-order valence-corrected chi connectivity index (χ2v) is 10.3. The van der Waals surface area contributed by atoms with Crippen LogP contribution in [-0.2, 0) is 10.0 Å². The summed E-state index contributed by atoms with van der Waals surface area (Å²) >= 11 is 0. The number of hydrogen-bond acceptors (Lipinski definition) is 4. The molecule has 0 aromatic heterocycles. The van der Waals surface area contributed by atoms with E-state index < -0.39 is 10.0 Å². The van der Waals surface area contributed by atoms with Crippen LogP contribution in [-0.4, -0.2) is 44.8 Å². The Morgan fingerprint density at radius 3 is 2.40 bits per heavy atom. The summed E-state index contributed by atoms with van der Waals surface area (Å²) in [5.74, 6) is 0.395. The van der Waals surface area contributed by atoms with Crippen molar-refractivity contribution in [2.45, 2.75) is 37.5 Å². The van der Waals surface area contributed by atoms with Crippen LogP contribution in [0.2, 0.25) is 0 Å². The maximum Gasteiger partial charge on any atom is 0.255 e. The highest BCUT2D eigenvalue weighted by Gasteiger charge is 2.26. The smallest absolute Gasteiger partial charge is 0.255 e. The normalized spacial score (nSPS) is 20.3. The highest BCUT2D eigenvalue weighted by atomic mass is 32.2. The van der Waals surface area contributed by atoms with Crippen LogP contribution >= 0.6 is 0 Å². The van der Waals surface area contributed by atoms with Crippen molar-refractivity contribution in [3.8, 4) is 0 Å². The molecule has 2 heterocycles. The van der Waals surface area contributed by atoms with Crippen LogP contribution < -0.4 is 10.2 Å². The Morgan fingerprint density at radius 2 is 1.73 bits per heavy atom. The van der Waals surface area contributed by atoms with E-state index in [1.165, 1.54) is 16.8 Å². The molecule has 0 aliphatic carbocycles. The second kappa shape index (κ2) is 8.78. The van der Waals surface area contributed by atoms with E-state index in [2.05, 4.69) is 17.1 Å².